The molecule has 1 aliphatic carbocycles. The number of pyridine rings is 1. The Bertz CT molecular complexity index is 1650. The van der Waals surface area contributed by atoms with Gasteiger partial charge in [-0.05, 0) is 89.6 Å². The molecule has 4 aromatic rings. The highest BCUT2D eigenvalue weighted by atomic mass is 16.6. The molecule has 0 radical (unpaired) electrons. The van der Waals surface area contributed by atoms with Crippen LogP contribution in [0.4, 0.5) is 4.79 Å². The number of aromatic nitrogens is 4. The van der Waals surface area contributed by atoms with Gasteiger partial charge in [-0.1, -0.05) is 0 Å². The summed E-state index contributed by atoms with van der Waals surface area (Å²) in [5.74, 6) is 1.75. The number of aryl methyl sites for hydroxylation is 2. The number of rotatable bonds is 5. The second-order valence-corrected chi connectivity index (χ2v) is 12.4. The number of imidazole rings is 1. The standard InChI is InChI=1S/C32H39N5O4/c1-7-36-25(17-21-9-8-13-33-29(21)36)30-34-23-15-22(18-26(40-6)27(23)35(30)5)28(38)20-11-10-19-12-14-37(24(19)16-20)31(39)41-32(2,3)4/h8-9,13,15,17-20,24H,7,10-12,14,16H2,1-6H3. The van der Waals surface area contributed by atoms with Gasteiger partial charge in [-0.2, -0.15) is 0 Å². The molecular weight excluding hydrogens is 518 g/mol. The van der Waals surface area contributed by atoms with Crippen LogP contribution in [0.2, 0.25) is 0 Å². The molecule has 0 bridgehead atoms. The Hall–Kier alpha value is -3.88. The summed E-state index contributed by atoms with van der Waals surface area (Å²) in [6, 6.07) is 9.88. The quantitative estimate of drug-likeness (QED) is 0.270. The predicted octanol–water partition coefficient (Wildman–Crippen LogP) is 6.23. The van der Waals surface area contributed by atoms with E-state index in [2.05, 4.69) is 28.6 Å². The van der Waals surface area contributed by atoms with Gasteiger partial charge in [0.25, 0.3) is 0 Å². The number of methoxy groups -OCH3 is 1. The van der Waals surface area contributed by atoms with Crippen molar-refractivity contribution in [2.45, 2.75) is 71.6 Å². The number of amides is 1. The van der Waals surface area contributed by atoms with E-state index in [0.717, 1.165) is 59.4 Å². The molecule has 3 aromatic heterocycles. The number of benzene rings is 1. The smallest absolute Gasteiger partial charge is 0.410 e. The summed E-state index contributed by atoms with van der Waals surface area (Å²) in [6.45, 7) is 9.20. The van der Waals surface area contributed by atoms with Gasteiger partial charge in [-0.3, -0.25) is 4.79 Å². The molecule has 41 heavy (non-hydrogen) atoms. The van der Waals surface area contributed by atoms with Crippen LogP contribution >= 0.6 is 0 Å². The molecular formula is C32H39N5O4. The molecule has 1 aliphatic heterocycles. The highest BCUT2D eigenvalue weighted by Crippen LogP contribution is 2.41. The number of carbonyl (C=O) groups is 2. The molecule has 0 N–H and O–H groups in total. The zero-order valence-electron chi connectivity index (χ0n) is 24.8. The predicted molar refractivity (Wildman–Crippen MR) is 158 cm³/mol. The number of nitrogens with zero attached hydrogens (tertiary/aromatic N) is 5. The normalized spacial score (nSPS) is 20.9. The largest absolute Gasteiger partial charge is 0.494 e. The zero-order chi connectivity index (χ0) is 29.1. The number of Topliss-reactive ketones (excluding diaryl/α,β-unsaturated/α-hetero) is 1. The highest BCUT2D eigenvalue weighted by Gasteiger charge is 2.44. The van der Waals surface area contributed by atoms with E-state index in [-0.39, 0.29) is 23.8 Å². The van der Waals surface area contributed by atoms with Crippen molar-refractivity contribution in [3.8, 4) is 17.3 Å². The van der Waals surface area contributed by atoms with E-state index in [1.54, 1.807) is 13.3 Å². The lowest BCUT2D eigenvalue weighted by Gasteiger charge is -2.36. The molecule has 1 amide bonds. The monoisotopic (exact) mass is 557 g/mol. The summed E-state index contributed by atoms with van der Waals surface area (Å²) in [5, 5.41) is 1.06. The second kappa shape index (κ2) is 10.2. The van der Waals surface area contributed by atoms with Gasteiger partial charge in [-0.25, -0.2) is 14.8 Å². The Morgan fingerprint density at radius 2 is 1.93 bits per heavy atom. The molecule has 0 spiro atoms. The Balaban J connectivity index is 1.32. The molecule has 4 heterocycles. The summed E-state index contributed by atoms with van der Waals surface area (Å²) in [6.07, 6.45) is 4.90. The van der Waals surface area contributed by atoms with Crippen LogP contribution in [-0.2, 0) is 18.3 Å². The molecule has 216 valence electrons. The van der Waals surface area contributed by atoms with Crippen molar-refractivity contribution >= 4 is 33.9 Å². The van der Waals surface area contributed by atoms with E-state index < -0.39 is 5.60 Å². The number of fused-ring (bicyclic) bond motifs is 3. The minimum Gasteiger partial charge on any atom is -0.494 e. The third kappa shape index (κ3) is 4.75. The summed E-state index contributed by atoms with van der Waals surface area (Å²) in [5.41, 5.74) is 3.50. The number of carbonyl (C=O) groups excluding carboxylic acids is 2. The third-order valence-electron chi connectivity index (χ3n) is 8.74. The Morgan fingerprint density at radius 1 is 1.12 bits per heavy atom. The van der Waals surface area contributed by atoms with E-state index in [4.69, 9.17) is 14.5 Å². The van der Waals surface area contributed by atoms with Crippen LogP contribution in [0, 0.1) is 11.8 Å². The fourth-order valence-electron chi connectivity index (χ4n) is 6.85. The minimum absolute atomic E-state index is 0.0317. The first-order chi connectivity index (χ1) is 19.6. The lowest BCUT2D eigenvalue weighted by atomic mass is 9.76. The molecule has 3 unspecified atom stereocenters. The number of ether oxygens (including phenoxy) is 2. The van der Waals surface area contributed by atoms with Gasteiger partial charge in [0.2, 0.25) is 0 Å². The summed E-state index contributed by atoms with van der Waals surface area (Å²) in [7, 11) is 3.61. The number of likely N-dealkylation sites (tertiary alicyclic amines) is 1. The van der Waals surface area contributed by atoms with Gasteiger partial charge in [0.1, 0.15) is 22.5 Å². The van der Waals surface area contributed by atoms with Crippen LogP contribution in [0.5, 0.6) is 5.75 Å². The first kappa shape index (κ1) is 27.3. The Kier molecular flexibility index (Phi) is 6.78. The fraction of sp³-hybridized carbons (Fsp3) is 0.500. The number of hydrogen-bond acceptors (Lipinski definition) is 6. The van der Waals surface area contributed by atoms with E-state index in [0.29, 0.717) is 30.2 Å². The molecule has 1 aromatic carbocycles. The maximum Gasteiger partial charge on any atom is 0.410 e. The number of hydrogen-bond donors (Lipinski definition) is 0. The van der Waals surface area contributed by atoms with Crippen LogP contribution in [0.1, 0.15) is 63.7 Å². The molecule has 6 rings (SSSR count). The zero-order valence-corrected chi connectivity index (χ0v) is 24.8. The maximum absolute atomic E-state index is 13.9. The number of ketones is 1. The van der Waals surface area contributed by atoms with Gasteiger partial charge in [0.05, 0.1) is 18.3 Å². The molecule has 1 saturated heterocycles. The van der Waals surface area contributed by atoms with E-state index in [9.17, 15) is 9.59 Å². The third-order valence-corrected chi connectivity index (χ3v) is 8.74. The van der Waals surface area contributed by atoms with Crippen LogP contribution in [0.3, 0.4) is 0 Å². The van der Waals surface area contributed by atoms with Gasteiger partial charge in [0.15, 0.2) is 11.6 Å². The van der Waals surface area contributed by atoms with Crippen molar-refractivity contribution in [1.82, 2.24) is 24.0 Å². The fourth-order valence-corrected chi connectivity index (χ4v) is 6.85. The molecule has 9 heteroatoms. The summed E-state index contributed by atoms with van der Waals surface area (Å²) < 4.78 is 15.7. The van der Waals surface area contributed by atoms with Crippen LogP contribution in [-0.4, -0.2) is 61.2 Å². The maximum atomic E-state index is 13.9. The van der Waals surface area contributed by atoms with E-state index in [1.807, 2.05) is 55.5 Å². The average Bonchev–Trinajstić information content (AvgIpc) is 3.63. The van der Waals surface area contributed by atoms with Crippen molar-refractivity contribution < 1.29 is 19.1 Å². The molecule has 2 fully saturated rings. The Morgan fingerprint density at radius 3 is 2.66 bits per heavy atom. The van der Waals surface area contributed by atoms with Gasteiger partial charge in [-0.15, -0.1) is 0 Å². The van der Waals surface area contributed by atoms with Crippen LogP contribution in [0.25, 0.3) is 33.6 Å². The second-order valence-electron chi connectivity index (χ2n) is 12.4. The lowest BCUT2D eigenvalue weighted by Crippen LogP contribution is -2.44. The van der Waals surface area contributed by atoms with Gasteiger partial charge in [0, 0.05) is 49.2 Å². The van der Waals surface area contributed by atoms with Crippen molar-refractivity contribution in [3.05, 3.63) is 42.1 Å². The summed E-state index contributed by atoms with van der Waals surface area (Å²) >= 11 is 0. The van der Waals surface area contributed by atoms with E-state index >= 15 is 0 Å². The van der Waals surface area contributed by atoms with E-state index in [1.165, 1.54) is 0 Å². The Labute approximate surface area is 240 Å². The first-order valence-electron chi connectivity index (χ1n) is 14.6. The summed E-state index contributed by atoms with van der Waals surface area (Å²) in [4.78, 5) is 38.3. The first-order valence-corrected chi connectivity index (χ1v) is 14.6. The lowest BCUT2D eigenvalue weighted by molar-refractivity contribution is 0.0155. The van der Waals surface area contributed by atoms with Crippen molar-refractivity contribution in [2.24, 2.45) is 18.9 Å². The molecule has 2 aliphatic rings. The van der Waals surface area contributed by atoms with Crippen LogP contribution < -0.4 is 4.74 Å². The van der Waals surface area contributed by atoms with Gasteiger partial charge < -0.3 is 23.5 Å². The van der Waals surface area contributed by atoms with Crippen molar-refractivity contribution in [3.63, 3.8) is 0 Å². The molecule has 9 nitrogen and oxygen atoms in total. The van der Waals surface area contributed by atoms with Crippen molar-refractivity contribution in [1.29, 1.82) is 0 Å². The highest BCUT2D eigenvalue weighted by molar-refractivity contribution is 6.02. The van der Waals surface area contributed by atoms with Gasteiger partial charge >= 0.3 is 6.09 Å². The average molecular weight is 558 g/mol. The minimum atomic E-state index is -0.547. The topological polar surface area (TPSA) is 91.5 Å². The molecule has 1 saturated carbocycles. The SMILES string of the molecule is CCn1c(-c2nc3cc(C(=O)C4CCC5CCN(C(=O)OC(C)(C)C)C5C4)cc(OC)c3n2C)cc2cccnc21. The van der Waals surface area contributed by atoms with Crippen LogP contribution in [0.15, 0.2) is 36.5 Å². The van der Waals surface area contributed by atoms with Crippen molar-refractivity contribution in [2.75, 3.05) is 13.7 Å². The molecule has 3 atom stereocenters.